The smallest absolute Gasteiger partial charge is 0.416 e. The number of carbonyl (C=O) groups is 1. The molecule has 0 atom stereocenters. The molecule has 17 heavy (non-hydrogen) atoms. The molecule has 0 aliphatic heterocycles. The zero-order valence-corrected chi connectivity index (χ0v) is 11.5. The number of thiazole rings is 1. The monoisotopic (exact) mass is 257 g/mol. The minimum atomic E-state index is -0.397. The molecule has 1 aromatic heterocycles. The zero-order chi connectivity index (χ0) is 13.1. The highest BCUT2D eigenvalue weighted by molar-refractivity contribution is 7.14. The normalized spacial score (nSPS) is 11.4. The maximum absolute atomic E-state index is 11.8. The van der Waals surface area contributed by atoms with Crippen molar-refractivity contribution in [2.45, 2.75) is 32.7 Å². The minimum Gasteiger partial charge on any atom is -0.452 e. The summed E-state index contributed by atoms with van der Waals surface area (Å²) in [6.07, 6.45) is 0.321. The van der Waals surface area contributed by atoms with E-state index in [1.165, 1.54) is 18.4 Å². The number of hydrogen-bond donors (Lipinski definition) is 1. The fraction of sp³-hybridized carbons (Fsp3) is 0.636. The Hall–Kier alpha value is -1.14. The Balaban J connectivity index is 3.01. The Bertz CT molecular complexity index is 384. The molecule has 5 nitrogen and oxygen atoms in total. The fourth-order valence-corrected chi connectivity index (χ4v) is 2.43. The Morgan fingerprint density at radius 2 is 2.24 bits per heavy atom. The molecular formula is C11H19N3O2S. The van der Waals surface area contributed by atoms with Gasteiger partial charge in [-0.1, -0.05) is 0 Å². The first-order chi connectivity index (χ1) is 7.90. The van der Waals surface area contributed by atoms with Gasteiger partial charge in [0.1, 0.15) is 0 Å². The SMILES string of the molecule is COC(=O)N(c1nc(CCN)cs1)C(C)(C)C. The Morgan fingerprint density at radius 3 is 2.71 bits per heavy atom. The van der Waals surface area contributed by atoms with Gasteiger partial charge in [-0.25, -0.2) is 14.7 Å². The standard InChI is InChI=1S/C11H19N3O2S/c1-11(2,3)14(10(15)16-4)9-13-8(5-6-12)7-17-9/h7H,5-6,12H2,1-4H3. The van der Waals surface area contributed by atoms with Crippen LogP contribution in [0, 0.1) is 0 Å². The number of rotatable bonds is 3. The van der Waals surface area contributed by atoms with Crippen molar-refractivity contribution in [1.29, 1.82) is 0 Å². The van der Waals surface area contributed by atoms with E-state index < -0.39 is 6.09 Å². The maximum atomic E-state index is 11.8. The van der Waals surface area contributed by atoms with E-state index in [9.17, 15) is 4.79 Å². The molecule has 0 bridgehead atoms. The Labute approximate surface area is 106 Å². The molecule has 1 amide bonds. The van der Waals surface area contributed by atoms with E-state index in [2.05, 4.69) is 4.98 Å². The van der Waals surface area contributed by atoms with E-state index in [-0.39, 0.29) is 5.54 Å². The number of ether oxygens (including phenoxy) is 1. The van der Waals surface area contributed by atoms with Gasteiger partial charge < -0.3 is 10.5 Å². The lowest BCUT2D eigenvalue weighted by Gasteiger charge is -2.31. The van der Waals surface area contributed by atoms with Gasteiger partial charge >= 0.3 is 6.09 Å². The first-order valence-corrected chi connectivity index (χ1v) is 6.30. The van der Waals surface area contributed by atoms with Crippen LogP contribution in [-0.4, -0.2) is 30.3 Å². The zero-order valence-electron chi connectivity index (χ0n) is 10.7. The van der Waals surface area contributed by atoms with Crippen LogP contribution in [0.25, 0.3) is 0 Å². The van der Waals surface area contributed by atoms with E-state index in [0.29, 0.717) is 11.7 Å². The van der Waals surface area contributed by atoms with E-state index >= 15 is 0 Å². The highest BCUT2D eigenvalue weighted by atomic mass is 32.1. The summed E-state index contributed by atoms with van der Waals surface area (Å²) in [5.41, 5.74) is 6.01. The second-order valence-electron chi connectivity index (χ2n) is 4.64. The first kappa shape index (κ1) is 13.9. The largest absolute Gasteiger partial charge is 0.452 e. The summed E-state index contributed by atoms with van der Waals surface area (Å²) in [6.45, 7) is 6.37. The molecular weight excluding hydrogens is 238 g/mol. The van der Waals surface area contributed by atoms with E-state index in [4.69, 9.17) is 10.5 Å². The molecule has 96 valence electrons. The van der Waals surface area contributed by atoms with Crippen LogP contribution >= 0.6 is 11.3 Å². The van der Waals surface area contributed by atoms with Gasteiger partial charge in [-0.2, -0.15) is 0 Å². The van der Waals surface area contributed by atoms with Crippen LogP contribution in [0.5, 0.6) is 0 Å². The molecule has 0 saturated carbocycles. The first-order valence-electron chi connectivity index (χ1n) is 5.42. The quantitative estimate of drug-likeness (QED) is 0.899. The third-order valence-corrected chi connectivity index (χ3v) is 3.03. The van der Waals surface area contributed by atoms with Crippen LogP contribution in [0.4, 0.5) is 9.93 Å². The van der Waals surface area contributed by atoms with Gasteiger partial charge in [0, 0.05) is 17.3 Å². The summed E-state index contributed by atoms with van der Waals surface area (Å²) in [5, 5.41) is 2.57. The highest BCUT2D eigenvalue weighted by Gasteiger charge is 2.31. The van der Waals surface area contributed by atoms with Crippen molar-refractivity contribution in [2.75, 3.05) is 18.6 Å². The molecule has 0 aliphatic rings. The summed E-state index contributed by atoms with van der Waals surface area (Å²) in [6, 6.07) is 0. The maximum Gasteiger partial charge on any atom is 0.416 e. The molecule has 6 heteroatoms. The predicted molar refractivity (Wildman–Crippen MR) is 69.5 cm³/mol. The highest BCUT2D eigenvalue weighted by Crippen LogP contribution is 2.28. The molecule has 0 aliphatic carbocycles. The third-order valence-electron chi connectivity index (χ3n) is 2.16. The van der Waals surface area contributed by atoms with Crippen molar-refractivity contribution < 1.29 is 9.53 Å². The van der Waals surface area contributed by atoms with Crippen LogP contribution in [0.3, 0.4) is 0 Å². The minimum absolute atomic E-state index is 0.370. The van der Waals surface area contributed by atoms with Crippen LogP contribution < -0.4 is 10.6 Å². The molecule has 0 aromatic carbocycles. The molecule has 0 unspecified atom stereocenters. The lowest BCUT2D eigenvalue weighted by molar-refractivity contribution is 0.172. The molecule has 0 spiro atoms. The van der Waals surface area contributed by atoms with Crippen LogP contribution in [0.15, 0.2) is 5.38 Å². The lowest BCUT2D eigenvalue weighted by atomic mass is 10.1. The van der Waals surface area contributed by atoms with Gasteiger partial charge in [-0.15, -0.1) is 11.3 Å². The van der Waals surface area contributed by atoms with Gasteiger partial charge in [0.15, 0.2) is 5.13 Å². The summed E-state index contributed by atoms with van der Waals surface area (Å²) >= 11 is 1.43. The Kier molecular flexibility index (Phi) is 4.47. The molecule has 0 saturated heterocycles. The number of nitrogens with two attached hydrogens (primary N) is 1. The molecule has 1 aromatic rings. The molecule has 2 N–H and O–H groups in total. The third kappa shape index (κ3) is 3.41. The number of aromatic nitrogens is 1. The molecule has 1 heterocycles. The molecule has 0 radical (unpaired) electrons. The predicted octanol–water partition coefficient (Wildman–Crippen LogP) is 2.02. The van der Waals surface area contributed by atoms with Gasteiger partial charge in [-0.05, 0) is 27.3 Å². The summed E-state index contributed by atoms with van der Waals surface area (Å²) in [5.74, 6) is 0. The van der Waals surface area contributed by atoms with Crippen molar-refractivity contribution in [1.82, 2.24) is 4.98 Å². The van der Waals surface area contributed by atoms with Crippen molar-refractivity contribution in [3.8, 4) is 0 Å². The van der Waals surface area contributed by atoms with Crippen LogP contribution in [0.1, 0.15) is 26.5 Å². The summed E-state index contributed by atoms with van der Waals surface area (Å²) < 4.78 is 4.79. The van der Waals surface area contributed by atoms with Crippen LogP contribution in [0.2, 0.25) is 0 Å². The fourth-order valence-electron chi connectivity index (χ4n) is 1.39. The van der Waals surface area contributed by atoms with Crippen LogP contribution in [-0.2, 0) is 11.2 Å². The summed E-state index contributed by atoms with van der Waals surface area (Å²) in [7, 11) is 1.37. The van der Waals surface area contributed by atoms with E-state index in [1.807, 2.05) is 26.2 Å². The molecule has 1 rings (SSSR count). The van der Waals surface area contributed by atoms with E-state index in [0.717, 1.165) is 12.1 Å². The second kappa shape index (κ2) is 5.46. The number of amides is 1. The number of carbonyl (C=O) groups excluding carboxylic acids is 1. The number of nitrogens with zero attached hydrogens (tertiary/aromatic N) is 2. The Morgan fingerprint density at radius 1 is 1.59 bits per heavy atom. The van der Waals surface area contributed by atoms with Crippen molar-refractivity contribution >= 4 is 22.6 Å². The number of anilines is 1. The average molecular weight is 257 g/mol. The van der Waals surface area contributed by atoms with Crippen molar-refractivity contribution in [2.24, 2.45) is 5.73 Å². The average Bonchev–Trinajstić information content (AvgIpc) is 2.64. The van der Waals surface area contributed by atoms with E-state index in [1.54, 1.807) is 4.90 Å². The van der Waals surface area contributed by atoms with Gasteiger partial charge in [-0.3, -0.25) is 0 Å². The number of hydrogen-bond acceptors (Lipinski definition) is 5. The lowest BCUT2D eigenvalue weighted by Crippen LogP contribution is -2.45. The summed E-state index contributed by atoms with van der Waals surface area (Å²) in [4.78, 5) is 17.7. The van der Waals surface area contributed by atoms with Gasteiger partial charge in [0.05, 0.1) is 12.8 Å². The van der Waals surface area contributed by atoms with Crippen molar-refractivity contribution in [3.05, 3.63) is 11.1 Å². The topological polar surface area (TPSA) is 68.5 Å². The van der Waals surface area contributed by atoms with Crippen molar-refractivity contribution in [3.63, 3.8) is 0 Å². The second-order valence-corrected chi connectivity index (χ2v) is 5.47. The van der Waals surface area contributed by atoms with Gasteiger partial charge in [0.25, 0.3) is 0 Å². The molecule has 0 fully saturated rings. The van der Waals surface area contributed by atoms with Gasteiger partial charge in [0.2, 0.25) is 0 Å². The number of methoxy groups -OCH3 is 1.